The number of benzene rings is 1. The van der Waals surface area contributed by atoms with Crippen LogP contribution in [0, 0.1) is 17.5 Å². The second kappa shape index (κ2) is 11.0. The molecule has 0 saturated carbocycles. The van der Waals surface area contributed by atoms with Gasteiger partial charge in [0.05, 0.1) is 45.3 Å². The molecule has 7 rings (SSSR count). The average molecular weight is 619 g/mol. The summed E-state index contributed by atoms with van der Waals surface area (Å²) >= 11 is 1.16. The summed E-state index contributed by atoms with van der Waals surface area (Å²) in [5.41, 5.74) is 4.49. The van der Waals surface area contributed by atoms with E-state index in [1.54, 1.807) is 6.20 Å². The molecule has 1 N–H and O–H groups in total. The lowest BCUT2D eigenvalue weighted by Gasteiger charge is -2.27. The van der Waals surface area contributed by atoms with Crippen LogP contribution in [-0.2, 0) is 11.8 Å². The first-order valence-corrected chi connectivity index (χ1v) is 15.1. The summed E-state index contributed by atoms with van der Waals surface area (Å²) in [6.07, 6.45) is 3.62. The van der Waals surface area contributed by atoms with Gasteiger partial charge >= 0.3 is 0 Å². The molecular weight excluding hydrogens is 589 g/mol. The summed E-state index contributed by atoms with van der Waals surface area (Å²) in [7, 11) is 3.42. The maximum atomic E-state index is 16.0. The molecule has 0 saturated heterocycles. The highest BCUT2D eigenvalue weighted by atomic mass is 32.1. The first kappa shape index (κ1) is 28.5. The number of hydrogen-bond acceptors (Lipinski definition) is 7. The molecule has 226 valence electrons. The van der Waals surface area contributed by atoms with Crippen LogP contribution in [0.4, 0.5) is 13.2 Å². The largest absolute Gasteiger partial charge is 0.490 e. The fourth-order valence-corrected chi connectivity index (χ4v) is 6.78. The molecule has 0 aliphatic carbocycles. The van der Waals surface area contributed by atoms with Crippen LogP contribution >= 0.6 is 11.3 Å². The fraction of sp³-hybridized carbons (Fsp3) is 0.281. The minimum absolute atomic E-state index is 0.00331. The fourth-order valence-electron chi connectivity index (χ4n) is 5.85. The third-order valence-electron chi connectivity index (χ3n) is 8.08. The van der Waals surface area contributed by atoms with E-state index in [2.05, 4.69) is 10.3 Å². The first-order valence-electron chi connectivity index (χ1n) is 14.2. The summed E-state index contributed by atoms with van der Waals surface area (Å²) in [5, 5.41) is 9.90. The Labute approximate surface area is 255 Å². The number of thiophene rings is 1. The normalized spacial score (nSPS) is 16.6. The van der Waals surface area contributed by atoms with Gasteiger partial charge in [-0.2, -0.15) is 5.10 Å². The topological polar surface area (TPSA) is 79.0 Å². The van der Waals surface area contributed by atoms with Crippen molar-refractivity contribution in [1.29, 1.82) is 0 Å². The Morgan fingerprint density at radius 3 is 2.68 bits per heavy atom. The molecule has 0 unspecified atom stereocenters. The number of methoxy groups -OCH3 is 1. The van der Waals surface area contributed by atoms with Gasteiger partial charge in [0.25, 0.3) is 0 Å². The Balaban J connectivity index is 1.57. The summed E-state index contributed by atoms with van der Waals surface area (Å²) < 4.78 is 61.9. The molecule has 1 aliphatic rings. The van der Waals surface area contributed by atoms with Crippen molar-refractivity contribution >= 4 is 32.5 Å². The van der Waals surface area contributed by atoms with Crippen LogP contribution in [0.5, 0.6) is 5.75 Å². The van der Waals surface area contributed by atoms with Crippen molar-refractivity contribution in [3.05, 3.63) is 71.3 Å². The van der Waals surface area contributed by atoms with Gasteiger partial charge in [-0.1, -0.05) is 0 Å². The van der Waals surface area contributed by atoms with Crippen molar-refractivity contribution in [3.63, 3.8) is 0 Å². The van der Waals surface area contributed by atoms with Crippen LogP contribution in [0.2, 0.25) is 0 Å². The van der Waals surface area contributed by atoms with E-state index in [9.17, 15) is 4.39 Å². The van der Waals surface area contributed by atoms with Crippen LogP contribution in [-0.4, -0.2) is 51.2 Å². The highest BCUT2D eigenvalue weighted by molar-refractivity contribution is 7.17. The third-order valence-corrected chi connectivity index (χ3v) is 9.04. The quantitative estimate of drug-likeness (QED) is 0.193. The summed E-state index contributed by atoms with van der Waals surface area (Å²) in [4.78, 5) is 9.72. The Morgan fingerprint density at radius 2 is 1.89 bits per heavy atom. The minimum atomic E-state index is -0.903. The van der Waals surface area contributed by atoms with Gasteiger partial charge in [-0.05, 0) is 32.0 Å². The number of ether oxygens (including phenoxy) is 2. The monoisotopic (exact) mass is 618 g/mol. The summed E-state index contributed by atoms with van der Waals surface area (Å²) in [6.45, 7) is 5.01. The van der Waals surface area contributed by atoms with Gasteiger partial charge in [-0.3, -0.25) is 9.67 Å². The molecular formula is C32H29F3N6O2S. The van der Waals surface area contributed by atoms with Crippen LogP contribution in [0.25, 0.3) is 54.9 Å². The number of fused-ring (bicyclic) bond motifs is 3. The molecule has 44 heavy (non-hydrogen) atoms. The van der Waals surface area contributed by atoms with Gasteiger partial charge in [0.15, 0.2) is 0 Å². The van der Waals surface area contributed by atoms with E-state index in [1.807, 2.05) is 54.5 Å². The smallest absolute Gasteiger partial charge is 0.142 e. The number of aryl methyl sites for hydroxylation is 1. The van der Waals surface area contributed by atoms with Crippen molar-refractivity contribution < 1.29 is 22.6 Å². The number of nitrogens with one attached hydrogen (secondary N) is 1. The van der Waals surface area contributed by atoms with E-state index < -0.39 is 17.5 Å². The Bertz CT molecular complexity index is 2020. The lowest BCUT2D eigenvalue weighted by Crippen LogP contribution is -2.34. The molecule has 1 aromatic carbocycles. The highest BCUT2D eigenvalue weighted by Crippen LogP contribution is 2.48. The molecule has 8 nitrogen and oxygen atoms in total. The molecule has 0 amide bonds. The first-order chi connectivity index (χ1) is 21.2. The lowest BCUT2D eigenvalue weighted by atomic mass is 9.95. The van der Waals surface area contributed by atoms with Gasteiger partial charge in [-0.15, -0.1) is 11.3 Å². The number of hydrogen-bond donors (Lipinski definition) is 1. The lowest BCUT2D eigenvalue weighted by molar-refractivity contribution is 0.146. The van der Waals surface area contributed by atoms with Crippen molar-refractivity contribution in [2.75, 3.05) is 26.9 Å². The van der Waals surface area contributed by atoms with E-state index in [4.69, 9.17) is 19.6 Å². The molecule has 12 heteroatoms. The Morgan fingerprint density at radius 1 is 1.05 bits per heavy atom. The molecule has 0 bridgehead atoms. The Kier molecular flexibility index (Phi) is 7.14. The second-order valence-electron chi connectivity index (χ2n) is 11.0. The highest BCUT2D eigenvalue weighted by Gasteiger charge is 2.31. The number of aromatic nitrogens is 5. The van der Waals surface area contributed by atoms with E-state index in [1.165, 1.54) is 12.5 Å². The van der Waals surface area contributed by atoms with E-state index in [0.717, 1.165) is 40.2 Å². The molecule has 6 aromatic rings. The van der Waals surface area contributed by atoms with Crippen LogP contribution in [0.3, 0.4) is 0 Å². The predicted octanol–water partition coefficient (Wildman–Crippen LogP) is 7.05. The average Bonchev–Trinajstić information content (AvgIpc) is 3.72. The van der Waals surface area contributed by atoms with Gasteiger partial charge < -0.3 is 19.4 Å². The number of pyridine rings is 2. The maximum absolute atomic E-state index is 16.0. The zero-order valence-corrected chi connectivity index (χ0v) is 25.3. The van der Waals surface area contributed by atoms with Crippen molar-refractivity contribution in [1.82, 2.24) is 29.6 Å². The van der Waals surface area contributed by atoms with Crippen molar-refractivity contribution in [2.24, 2.45) is 7.05 Å². The van der Waals surface area contributed by atoms with Gasteiger partial charge in [-0.25, -0.2) is 18.2 Å². The maximum Gasteiger partial charge on any atom is 0.142 e. The molecule has 0 radical (unpaired) electrons. The second-order valence-corrected chi connectivity index (χ2v) is 11.9. The van der Waals surface area contributed by atoms with Gasteiger partial charge in [0.1, 0.15) is 41.2 Å². The molecule has 6 heterocycles. The zero-order chi connectivity index (χ0) is 30.7. The van der Waals surface area contributed by atoms with E-state index in [0.29, 0.717) is 28.2 Å². The standard InChI is InChI=1S/C32H29F3N6O2S/c1-16-13-36-17(2)24-12-23(39-41(16)24)31-29(27-20(34)10-19(33)11-26(27)43-8-7-42-4)28-21(35)15-44-32(28)30(38-31)18-9-25-22(37-14-18)5-6-40(25)3/h5-6,9-12,14-17,36H,7-8,13H2,1-4H3/t16-,17+/m0/s1. The van der Waals surface area contributed by atoms with Crippen LogP contribution in [0.15, 0.2) is 48.1 Å². The molecule has 5 aromatic heterocycles. The van der Waals surface area contributed by atoms with Gasteiger partial charge in [0.2, 0.25) is 0 Å². The van der Waals surface area contributed by atoms with E-state index >= 15 is 8.78 Å². The van der Waals surface area contributed by atoms with Crippen molar-refractivity contribution in [3.8, 4) is 39.5 Å². The molecule has 0 fully saturated rings. The minimum Gasteiger partial charge on any atom is -0.490 e. The van der Waals surface area contributed by atoms with Crippen LogP contribution in [0.1, 0.15) is 31.6 Å². The van der Waals surface area contributed by atoms with E-state index in [-0.39, 0.29) is 53.3 Å². The van der Waals surface area contributed by atoms with Crippen LogP contribution < -0.4 is 10.1 Å². The molecule has 0 spiro atoms. The predicted molar refractivity (Wildman–Crippen MR) is 164 cm³/mol. The number of nitrogens with zero attached hydrogens (tertiary/aromatic N) is 5. The summed E-state index contributed by atoms with van der Waals surface area (Å²) in [5.74, 6) is -2.36. The number of halogens is 3. The van der Waals surface area contributed by atoms with Gasteiger partial charge in [0, 0.05) is 73.2 Å². The summed E-state index contributed by atoms with van der Waals surface area (Å²) in [6, 6.07) is 7.67. The zero-order valence-electron chi connectivity index (χ0n) is 24.5. The SMILES string of the molecule is COCCOc1cc(F)cc(F)c1-c1c(-c2cc3n(n2)[C@@H](C)CN[C@@H]3C)nc(-c2cnc3ccn(C)c3c2)c2scc(F)c12. The molecule has 2 atom stereocenters. The van der Waals surface area contributed by atoms with Crippen molar-refractivity contribution in [2.45, 2.75) is 25.9 Å². The third kappa shape index (κ3) is 4.64. The molecule has 1 aliphatic heterocycles. The number of rotatable bonds is 7. The Hall–Kier alpha value is -4.26.